The molecule has 0 rings (SSSR count). The number of carbonyl (C=O) groups is 1. The highest BCUT2D eigenvalue weighted by Crippen LogP contribution is 2.04. The summed E-state index contributed by atoms with van der Waals surface area (Å²) in [6.45, 7) is 11.4. The van der Waals surface area contributed by atoms with Gasteiger partial charge in [-0.15, -0.1) is 0 Å². The van der Waals surface area contributed by atoms with Crippen molar-refractivity contribution in [3.8, 4) is 0 Å². The highest BCUT2D eigenvalue weighted by atomic mass is 16.7. The first-order valence-electron chi connectivity index (χ1n) is 4.96. The number of carbonyl (C=O) groups excluding carboxylic acids is 1. The number of rotatable bonds is 4. The molecule has 0 fully saturated rings. The minimum absolute atomic E-state index is 0.0516. The van der Waals surface area contributed by atoms with Gasteiger partial charge in [0.05, 0.1) is 5.60 Å². The monoisotopic (exact) mass is 202 g/mol. The van der Waals surface area contributed by atoms with Gasteiger partial charge in [0.1, 0.15) is 6.04 Å². The molecule has 4 heteroatoms. The highest BCUT2D eigenvalue weighted by molar-refractivity contribution is 5.81. The second-order valence-corrected chi connectivity index (χ2v) is 4.72. The van der Waals surface area contributed by atoms with E-state index in [0.717, 1.165) is 0 Å². The first-order valence-corrected chi connectivity index (χ1v) is 4.96. The molecular weight excluding hydrogens is 180 g/mol. The smallest absolute Gasteiger partial charge is 0.239 e. The van der Waals surface area contributed by atoms with Gasteiger partial charge in [-0.05, 0) is 41.5 Å². The first kappa shape index (κ1) is 13.4. The van der Waals surface area contributed by atoms with Gasteiger partial charge < -0.3 is 5.32 Å². The Hall–Kier alpha value is -0.610. The normalized spacial score (nSPS) is 14.2. The summed E-state index contributed by atoms with van der Waals surface area (Å²) in [7, 11) is 0. The van der Waals surface area contributed by atoms with Crippen molar-refractivity contribution in [2.75, 3.05) is 0 Å². The van der Waals surface area contributed by atoms with Crippen LogP contribution in [0.1, 0.15) is 41.5 Å². The number of hydroxylamine groups is 1. The van der Waals surface area contributed by atoms with Crippen molar-refractivity contribution in [1.29, 1.82) is 0 Å². The van der Waals surface area contributed by atoms with E-state index in [1.807, 2.05) is 34.6 Å². The molecule has 2 N–H and O–H groups in total. The highest BCUT2D eigenvalue weighted by Gasteiger charge is 2.17. The Kier molecular flexibility index (Phi) is 5.08. The maximum Gasteiger partial charge on any atom is 0.239 e. The maximum absolute atomic E-state index is 11.4. The summed E-state index contributed by atoms with van der Waals surface area (Å²) in [6, 6.07) is -0.182. The van der Waals surface area contributed by atoms with Crippen LogP contribution in [0.2, 0.25) is 0 Å². The van der Waals surface area contributed by atoms with E-state index in [1.165, 1.54) is 0 Å². The van der Waals surface area contributed by atoms with Crippen LogP contribution in [0.15, 0.2) is 0 Å². The number of amides is 1. The Labute approximate surface area is 86.4 Å². The third-order valence-electron chi connectivity index (χ3n) is 1.37. The van der Waals surface area contributed by atoms with Crippen molar-refractivity contribution in [2.24, 2.45) is 0 Å². The molecule has 1 atom stereocenters. The molecule has 0 heterocycles. The van der Waals surface area contributed by atoms with Crippen molar-refractivity contribution in [2.45, 2.75) is 59.2 Å². The van der Waals surface area contributed by atoms with Crippen molar-refractivity contribution in [3.05, 3.63) is 0 Å². The Morgan fingerprint density at radius 3 is 2.07 bits per heavy atom. The Bertz CT molecular complexity index is 185. The van der Waals surface area contributed by atoms with Crippen LogP contribution in [0, 0.1) is 0 Å². The quantitative estimate of drug-likeness (QED) is 0.674. The van der Waals surface area contributed by atoms with Crippen LogP contribution < -0.4 is 10.8 Å². The minimum atomic E-state index is -0.336. The molecule has 0 saturated heterocycles. The molecule has 0 aromatic carbocycles. The van der Waals surface area contributed by atoms with Crippen molar-refractivity contribution < 1.29 is 9.63 Å². The summed E-state index contributed by atoms with van der Waals surface area (Å²) in [5, 5.41) is 2.80. The molecule has 0 bridgehead atoms. The predicted molar refractivity (Wildman–Crippen MR) is 56.7 cm³/mol. The Morgan fingerprint density at radius 2 is 1.71 bits per heavy atom. The minimum Gasteiger partial charge on any atom is -0.353 e. The lowest BCUT2D eigenvalue weighted by molar-refractivity contribution is -0.134. The maximum atomic E-state index is 11.4. The molecule has 0 saturated carbocycles. The summed E-state index contributed by atoms with van der Waals surface area (Å²) in [6.07, 6.45) is 0. The second kappa shape index (κ2) is 5.32. The van der Waals surface area contributed by atoms with Crippen molar-refractivity contribution in [3.63, 3.8) is 0 Å². The average Bonchev–Trinajstić information content (AvgIpc) is 1.97. The fourth-order valence-electron chi connectivity index (χ4n) is 0.728. The van der Waals surface area contributed by atoms with Crippen LogP contribution in [0.3, 0.4) is 0 Å². The molecule has 14 heavy (non-hydrogen) atoms. The molecule has 84 valence electrons. The zero-order valence-corrected chi connectivity index (χ0v) is 9.97. The van der Waals surface area contributed by atoms with Crippen LogP contribution in [-0.4, -0.2) is 23.6 Å². The van der Waals surface area contributed by atoms with Crippen molar-refractivity contribution in [1.82, 2.24) is 10.8 Å². The molecule has 0 radical (unpaired) electrons. The van der Waals surface area contributed by atoms with Gasteiger partial charge in [-0.25, -0.2) is 0 Å². The fraction of sp³-hybridized carbons (Fsp3) is 0.900. The lowest BCUT2D eigenvalue weighted by atomic mass is 10.2. The first-order chi connectivity index (χ1) is 6.22. The largest absolute Gasteiger partial charge is 0.353 e. The molecule has 1 unspecified atom stereocenters. The van der Waals surface area contributed by atoms with Crippen LogP contribution in [0.25, 0.3) is 0 Å². The Balaban J connectivity index is 3.85. The number of hydrogen-bond acceptors (Lipinski definition) is 3. The molecular formula is C10H22N2O2. The van der Waals surface area contributed by atoms with Crippen molar-refractivity contribution >= 4 is 5.91 Å². The molecule has 0 aliphatic carbocycles. The van der Waals surface area contributed by atoms with Crippen LogP contribution in [-0.2, 0) is 9.63 Å². The standard InChI is InChI=1S/C10H22N2O2/c1-7(2)11-9(13)8(3)12-14-10(4,5)6/h7-8,12H,1-6H3,(H,11,13). The molecule has 0 aromatic rings. The molecule has 1 amide bonds. The molecule has 0 aliphatic heterocycles. The topological polar surface area (TPSA) is 50.4 Å². The lowest BCUT2D eigenvalue weighted by Crippen LogP contribution is -2.46. The molecule has 4 nitrogen and oxygen atoms in total. The van der Waals surface area contributed by atoms with E-state index in [0.29, 0.717) is 0 Å². The van der Waals surface area contributed by atoms with Crippen LogP contribution in [0.5, 0.6) is 0 Å². The molecule has 0 aromatic heterocycles. The molecule has 0 spiro atoms. The summed E-state index contributed by atoms with van der Waals surface area (Å²) >= 11 is 0. The third-order valence-corrected chi connectivity index (χ3v) is 1.37. The third kappa shape index (κ3) is 6.86. The summed E-state index contributed by atoms with van der Waals surface area (Å²) in [5.74, 6) is -0.0516. The average molecular weight is 202 g/mol. The molecule has 0 aliphatic rings. The van der Waals surface area contributed by atoms with Gasteiger partial charge in [-0.1, -0.05) is 0 Å². The summed E-state index contributed by atoms with van der Waals surface area (Å²) in [4.78, 5) is 16.7. The van der Waals surface area contributed by atoms with E-state index >= 15 is 0 Å². The van der Waals surface area contributed by atoms with Gasteiger partial charge in [0.25, 0.3) is 0 Å². The summed E-state index contributed by atoms with van der Waals surface area (Å²) in [5.41, 5.74) is 2.43. The van der Waals surface area contributed by atoms with Gasteiger partial charge in [0, 0.05) is 6.04 Å². The predicted octanol–water partition coefficient (Wildman–Crippen LogP) is 1.22. The van der Waals surface area contributed by atoms with E-state index in [9.17, 15) is 4.79 Å². The van der Waals surface area contributed by atoms with Gasteiger partial charge in [-0.2, -0.15) is 5.48 Å². The van der Waals surface area contributed by atoms with E-state index in [2.05, 4.69) is 10.8 Å². The summed E-state index contributed by atoms with van der Waals surface area (Å²) < 4.78 is 0. The number of hydrogen-bond donors (Lipinski definition) is 2. The second-order valence-electron chi connectivity index (χ2n) is 4.72. The number of nitrogens with one attached hydrogen (secondary N) is 2. The van der Waals surface area contributed by atoms with Gasteiger partial charge in [0.2, 0.25) is 5.91 Å². The zero-order valence-electron chi connectivity index (χ0n) is 9.97. The lowest BCUT2D eigenvalue weighted by Gasteiger charge is -2.23. The van der Waals surface area contributed by atoms with E-state index in [1.54, 1.807) is 6.92 Å². The van der Waals surface area contributed by atoms with Crippen LogP contribution in [0.4, 0.5) is 0 Å². The van der Waals surface area contributed by atoms with E-state index in [4.69, 9.17) is 4.84 Å². The van der Waals surface area contributed by atoms with Crippen LogP contribution >= 0.6 is 0 Å². The Morgan fingerprint density at radius 1 is 1.21 bits per heavy atom. The SMILES string of the molecule is CC(C)NC(=O)C(C)NOC(C)(C)C. The van der Waals surface area contributed by atoms with Gasteiger partial charge >= 0.3 is 0 Å². The van der Waals surface area contributed by atoms with Gasteiger partial charge in [0.15, 0.2) is 0 Å². The van der Waals surface area contributed by atoms with E-state index in [-0.39, 0.29) is 23.6 Å². The zero-order chi connectivity index (χ0) is 11.4. The fourth-order valence-corrected chi connectivity index (χ4v) is 0.728. The van der Waals surface area contributed by atoms with E-state index < -0.39 is 0 Å². The van der Waals surface area contributed by atoms with Gasteiger partial charge in [-0.3, -0.25) is 9.63 Å².